The Labute approximate surface area is 91.3 Å². The average molecular weight is 227 g/mol. The first kappa shape index (κ1) is 10.9. The van der Waals surface area contributed by atoms with Gasteiger partial charge in [0.05, 0.1) is 5.71 Å². The van der Waals surface area contributed by atoms with Gasteiger partial charge in [-0.05, 0) is 25.0 Å². The highest BCUT2D eigenvalue weighted by molar-refractivity contribution is 5.89. The molecule has 0 saturated heterocycles. The number of benzene rings is 1. The third kappa shape index (κ3) is 2.29. The van der Waals surface area contributed by atoms with Crippen molar-refractivity contribution >= 4 is 5.71 Å². The number of nitrogens with zero attached hydrogens (tertiary/aromatic N) is 1. The van der Waals surface area contributed by atoms with Gasteiger partial charge in [0.1, 0.15) is 6.61 Å². The summed E-state index contributed by atoms with van der Waals surface area (Å²) in [5, 5.41) is 11.8. The van der Waals surface area contributed by atoms with Crippen molar-refractivity contribution in [3.63, 3.8) is 0 Å². The number of hydrogen-bond acceptors (Lipinski definition) is 3. The molecule has 0 bridgehead atoms. The zero-order chi connectivity index (χ0) is 11.5. The molecule has 5 heteroatoms. The maximum Gasteiger partial charge on any atom is 0.200 e. The third-order valence-corrected chi connectivity index (χ3v) is 2.47. The van der Waals surface area contributed by atoms with Crippen LogP contribution >= 0.6 is 0 Å². The molecule has 0 aliphatic heterocycles. The summed E-state index contributed by atoms with van der Waals surface area (Å²) in [4.78, 5) is 0. The fraction of sp³-hybridized carbons (Fsp3) is 0.364. The molecule has 1 aliphatic carbocycles. The minimum atomic E-state index is -1.02. The smallest absolute Gasteiger partial charge is 0.200 e. The Morgan fingerprint density at radius 1 is 1.44 bits per heavy atom. The third-order valence-electron chi connectivity index (χ3n) is 2.47. The number of rotatable bonds is 4. The van der Waals surface area contributed by atoms with Crippen molar-refractivity contribution in [1.29, 1.82) is 0 Å². The average Bonchev–Trinajstić information content (AvgIpc) is 3.09. The number of oxime groups is 1. The molecule has 1 aromatic carbocycles. The van der Waals surface area contributed by atoms with Crippen molar-refractivity contribution in [2.75, 3.05) is 6.61 Å². The Hall–Kier alpha value is -1.65. The molecule has 0 amide bonds. The van der Waals surface area contributed by atoms with Crippen LogP contribution in [-0.4, -0.2) is 17.5 Å². The second-order valence-electron chi connectivity index (χ2n) is 3.71. The van der Waals surface area contributed by atoms with Gasteiger partial charge in [-0.25, -0.2) is 4.39 Å². The highest BCUT2D eigenvalue weighted by atomic mass is 19.2. The first-order valence-corrected chi connectivity index (χ1v) is 5.00. The van der Waals surface area contributed by atoms with E-state index in [1.54, 1.807) is 0 Å². The molecular formula is C11H11F2NO2. The summed E-state index contributed by atoms with van der Waals surface area (Å²) < 4.78 is 31.1. The van der Waals surface area contributed by atoms with E-state index < -0.39 is 11.6 Å². The lowest BCUT2D eigenvalue weighted by Gasteiger charge is -2.07. The highest BCUT2D eigenvalue weighted by Crippen LogP contribution is 2.31. The van der Waals surface area contributed by atoms with Crippen LogP contribution in [0.4, 0.5) is 8.78 Å². The maximum atomic E-state index is 13.2. The predicted octanol–water partition coefficient (Wildman–Crippen LogP) is 2.58. The molecule has 1 aliphatic rings. The lowest BCUT2D eigenvalue weighted by molar-refractivity contribution is 0.299. The topological polar surface area (TPSA) is 41.8 Å². The van der Waals surface area contributed by atoms with Gasteiger partial charge in [-0.3, -0.25) is 0 Å². The molecule has 0 radical (unpaired) electrons. The molecule has 0 aromatic heterocycles. The molecule has 0 spiro atoms. The number of hydrogen-bond donors (Lipinski definition) is 1. The SMILES string of the molecule is O/N=C(\COc1cccc(F)c1F)C1CC1. The van der Waals surface area contributed by atoms with E-state index in [0.717, 1.165) is 18.9 Å². The molecule has 1 aromatic rings. The molecule has 0 unspecified atom stereocenters. The Bertz CT molecular complexity index is 416. The van der Waals surface area contributed by atoms with Crippen LogP contribution in [0, 0.1) is 17.6 Å². The van der Waals surface area contributed by atoms with Crippen molar-refractivity contribution in [2.24, 2.45) is 11.1 Å². The molecule has 0 atom stereocenters. The van der Waals surface area contributed by atoms with Crippen LogP contribution in [0.1, 0.15) is 12.8 Å². The summed E-state index contributed by atoms with van der Waals surface area (Å²) in [6.45, 7) is -0.0124. The van der Waals surface area contributed by atoms with Crippen molar-refractivity contribution in [3.8, 4) is 5.75 Å². The highest BCUT2D eigenvalue weighted by Gasteiger charge is 2.28. The fourth-order valence-corrected chi connectivity index (χ4v) is 1.39. The van der Waals surface area contributed by atoms with Crippen molar-refractivity contribution in [1.82, 2.24) is 0 Å². The van der Waals surface area contributed by atoms with E-state index in [2.05, 4.69) is 5.16 Å². The minimum absolute atomic E-state index is 0.0124. The van der Waals surface area contributed by atoms with Gasteiger partial charge in [0, 0.05) is 5.92 Å². The Morgan fingerprint density at radius 3 is 2.81 bits per heavy atom. The van der Waals surface area contributed by atoms with Gasteiger partial charge < -0.3 is 9.94 Å². The summed E-state index contributed by atoms with van der Waals surface area (Å²) in [5.74, 6) is -1.91. The van der Waals surface area contributed by atoms with Gasteiger partial charge in [-0.1, -0.05) is 11.2 Å². The summed E-state index contributed by atoms with van der Waals surface area (Å²) in [6.07, 6.45) is 1.91. The van der Waals surface area contributed by atoms with Crippen LogP contribution < -0.4 is 4.74 Å². The van der Waals surface area contributed by atoms with E-state index in [1.165, 1.54) is 12.1 Å². The van der Waals surface area contributed by atoms with Gasteiger partial charge in [-0.2, -0.15) is 4.39 Å². The zero-order valence-corrected chi connectivity index (χ0v) is 8.49. The standard InChI is InChI=1S/C11H11F2NO2/c12-8-2-1-3-10(11(8)13)16-6-9(14-15)7-4-5-7/h1-3,7,15H,4-6H2/b14-9+. The van der Waals surface area contributed by atoms with Crippen LogP contribution in [0.15, 0.2) is 23.4 Å². The first-order chi connectivity index (χ1) is 7.72. The van der Waals surface area contributed by atoms with Crippen LogP contribution in [0.5, 0.6) is 5.75 Å². The molecule has 86 valence electrons. The Kier molecular flexibility index (Phi) is 3.03. The second-order valence-corrected chi connectivity index (χ2v) is 3.71. The van der Waals surface area contributed by atoms with Crippen LogP contribution in [0.3, 0.4) is 0 Å². The van der Waals surface area contributed by atoms with Gasteiger partial charge in [0.15, 0.2) is 11.6 Å². The lowest BCUT2D eigenvalue weighted by Crippen LogP contribution is -2.14. The summed E-state index contributed by atoms with van der Waals surface area (Å²) in [5.41, 5.74) is 0.476. The molecule has 3 nitrogen and oxygen atoms in total. The van der Waals surface area contributed by atoms with E-state index in [1.807, 2.05) is 0 Å². The van der Waals surface area contributed by atoms with Crippen molar-refractivity contribution in [2.45, 2.75) is 12.8 Å². The monoisotopic (exact) mass is 227 g/mol. The lowest BCUT2D eigenvalue weighted by atomic mass is 10.2. The molecule has 2 rings (SSSR count). The predicted molar refractivity (Wildman–Crippen MR) is 53.8 cm³/mol. The van der Waals surface area contributed by atoms with Gasteiger partial charge in [0.2, 0.25) is 5.82 Å². The molecule has 1 N–H and O–H groups in total. The van der Waals surface area contributed by atoms with Gasteiger partial charge in [-0.15, -0.1) is 0 Å². The zero-order valence-electron chi connectivity index (χ0n) is 8.49. The van der Waals surface area contributed by atoms with E-state index >= 15 is 0 Å². The number of halogens is 2. The van der Waals surface area contributed by atoms with Crippen LogP contribution in [0.2, 0.25) is 0 Å². The largest absolute Gasteiger partial charge is 0.484 e. The summed E-state index contributed by atoms with van der Waals surface area (Å²) >= 11 is 0. The minimum Gasteiger partial charge on any atom is -0.484 e. The first-order valence-electron chi connectivity index (χ1n) is 5.00. The molecular weight excluding hydrogens is 216 g/mol. The van der Waals surface area contributed by atoms with Gasteiger partial charge in [0.25, 0.3) is 0 Å². The number of ether oxygens (including phenoxy) is 1. The Morgan fingerprint density at radius 2 is 2.19 bits per heavy atom. The molecule has 16 heavy (non-hydrogen) atoms. The molecule has 1 fully saturated rings. The van der Waals surface area contributed by atoms with E-state index in [-0.39, 0.29) is 18.3 Å². The normalized spacial score (nSPS) is 16.2. The second kappa shape index (κ2) is 4.47. The molecule has 0 heterocycles. The van der Waals surface area contributed by atoms with Crippen molar-refractivity contribution in [3.05, 3.63) is 29.8 Å². The van der Waals surface area contributed by atoms with Crippen molar-refractivity contribution < 1.29 is 18.7 Å². The maximum absolute atomic E-state index is 13.2. The quantitative estimate of drug-likeness (QED) is 0.488. The van der Waals surface area contributed by atoms with E-state index in [9.17, 15) is 8.78 Å². The summed E-state index contributed by atoms with van der Waals surface area (Å²) in [6, 6.07) is 3.71. The van der Waals surface area contributed by atoms with Gasteiger partial charge >= 0.3 is 0 Å². The Balaban J connectivity index is 2.01. The molecule has 1 saturated carbocycles. The fourth-order valence-electron chi connectivity index (χ4n) is 1.39. The van der Waals surface area contributed by atoms with E-state index in [0.29, 0.717) is 5.71 Å². The summed E-state index contributed by atoms with van der Waals surface area (Å²) in [7, 11) is 0. The van der Waals surface area contributed by atoms with Crippen LogP contribution in [0.25, 0.3) is 0 Å². The van der Waals surface area contributed by atoms with Crippen LogP contribution in [-0.2, 0) is 0 Å². The van der Waals surface area contributed by atoms with E-state index in [4.69, 9.17) is 9.94 Å².